The number of nitrogens with one attached hydrogen (secondary N) is 1. The topological polar surface area (TPSA) is 106 Å². The summed E-state index contributed by atoms with van der Waals surface area (Å²) in [4.78, 5) is 30.7. The summed E-state index contributed by atoms with van der Waals surface area (Å²) in [5, 5.41) is 7.16. The fraction of sp³-hybridized carbons (Fsp3) is 0.385. The summed E-state index contributed by atoms with van der Waals surface area (Å²) >= 11 is 0. The van der Waals surface area contributed by atoms with Gasteiger partial charge in [-0.05, 0) is 59.6 Å². The highest BCUT2D eigenvalue weighted by molar-refractivity contribution is 5.94. The molecule has 11 heteroatoms. The van der Waals surface area contributed by atoms with Crippen molar-refractivity contribution in [2.45, 2.75) is 44.6 Å². The van der Waals surface area contributed by atoms with Crippen molar-refractivity contribution < 1.29 is 22.8 Å². The zero-order valence-corrected chi connectivity index (χ0v) is 19.8. The van der Waals surface area contributed by atoms with Crippen molar-refractivity contribution in [2.24, 2.45) is 11.8 Å². The van der Waals surface area contributed by atoms with E-state index in [-0.39, 0.29) is 42.4 Å². The highest BCUT2D eigenvalue weighted by atomic mass is 19.4. The molecule has 2 aromatic heterocycles. The van der Waals surface area contributed by atoms with E-state index in [2.05, 4.69) is 15.4 Å². The van der Waals surface area contributed by atoms with Crippen LogP contribution in [-0.2, 0) is 30.5 Å². The maximum atomic E-state index is 13.9. The van der Waals surface area contributed by atoms with E-state index in [1.807, 2.05) is 6.07 Å². The second-order valence-corrected chi connectivity index (χ2v) is 10.1. The van der Waals surface area contributed by atoms with E-state index in [0.29, 0.717) is 35.8 Å². The highest BCUT2D eigenvalue weighted by Gasteiger charge is 2.52. The number of carbonyl (C=O) groups excluding carboxylic acids is 2. The number of anilines is 1. The molecule has 0 radical (unpaired) electrons. The van der Waals surface area contributed by atoms with Gasteiger partial charge in [0.1, 0.15) is 5.82 Å². The molecule has 3 aliphatic rings. The van der Waals surface area contributed by atoms with Crippen molar-refractivity contribution in [2.75, 3.05) is 12.3 Å². The Hall–Kier alpha value is -3.89. The maximum absolute atomic E-state index is 13.9. The van der Waals surface area contributed by atoms with Crippen LogP contribution in [0.1, 0.15) is 57.1 Å². The van der Waals surface area contributed by atoms with Gasteiger partial charge in [-0.1, -0.05) is 12.1 Å². The Morgan fingerprint density at radius 2 is 2.05 bits per heavy atom. The molecule has 192 valence electrons. The van der Waals surface area contributed by atoms with Gasteiger partial charge in [0.2, 0.25) is 5.91 Å². The first-order valence-electron chi connectivity index (χ1n) is 12.2. The monoisotopic (exact) mass is 510 g/mol. The fourth-order valence-electron chi connectivity index (χ4n) is 5.54. The summed E-state index contributed by atoms with van der Waals surface area (Å²) < 4.78 is 43.0. The van der Waals surface area contributed by atoms with Gasteiger partial charge in [0.25, 0.3) is 5.91 Å². The molecule has 2 aliphatic carbocycles. The van der Waals surface area contributed by atoms with Crippen LogP contribution in [0.3, 0.4) is 0 Å². The van der Waals surface area contributed by atoms with E-state index in [1.54, 1.807) is 12.3 Å². The van der Waals surface area contributed by atoms with E-state index in [9.17, 15) is 22.8 Å². The highest BCUT2D eigenvalue weighted by Crippen LogP contribution is 2.46. The molecular weight excluding hydrogens is 485 g/mol. The van der Waals surface area contributed by atoms with E-state index in [1.165, 1.54) is 28.0 Å². The van der Waals surface area contributed by atoms with E-state index >= 15 is 0 Å². The van der Waals surface area contributed by atoms with Crippen LogP contribution in [-0.4, -0.2) is 38.0 Å². The van der Waals surface area contributed by atoms with Crippen LogP contribution in [0.2, 0.25) is 0 Å². The third-order valence-electron chi connectivity index (χ3n) is 7.58. The molecule has 2 amide bonds. The summed E-state index contributed by atoms with van der Waals surface area (Å²) in [7, 11) is 0. The second kappa shape index (κ2) is 8.60. The third kappa shape index (κ3) is 4.42. The molecule has 3 N–H and O–H groups in total. The predicted molar refractivity (Wildman–Crippen MR) is 127 cm³/mol. The Morgan fingerprint density at radius 3 is 2.81 bits per heavy atom. The summed E-state index contributed by atoms with van der Waals surface area (Å²) in [6.45, 7) is 0.550. The molecule has 0 bridgehead atoms. The van der Waals surface area contributed by atoms with Crippen LogP contribution in [0.25, 0.3) is 0 Å². The lowest BCUT2D eigenvalue weighted by atomic mass is 10.0. The van der Waals surface area contributed by atoms with Gasteiger partial charge < -0.3 is 16.0 Å². The number of alkyl halides is 3. The summed E-state index contributed by atoms with van der Waals surface area (Å²) in [6, 6.07) is 5.81. The molecule has 2 fully saturated rings. The SMILES string of the molecule is Nc1nccc2c1CC[C@H]2NC(=O)c1cnn(Cc2ccc(CN3CC4CC4C3=O)c(C(F)(F)F)c2)c1. The number of fused-ring (bicyclic) bond motifs is 2. The maximum Gasteiger partial charge on any atom is 0.416 e. The standard InChI is InChI=1S/C26H25F3N6O2/c27-26(28,29)21-7-14(1-2-15(21)11-34-12-16-8-20(16)25(34)37)10-35-13-17(9-32-35)24(36)33-22-4-3-19-18(22)5-6-31-23(19)30/h1-2,5-7,9,13,16,20,22H,3-4,8,10-12H2,(H2,30,31)(H,33,36)/t16?,20?,22-/m1/s1. The molecule has 1 aromatic carbocycles. The molecule has 1 saturated carbocycles. The number of hydrogen-bond acceptors (Lipinski definition) is 5. The number of piperidine rings is 1. The van der Waals surface area contributed by atoms with Crippen LogP contribution in [0.5, 0.6) is 0 Å². The number of carbonyl (C=O) groups is 2. The largest absolute Gasteiger partial charge is 0.416 e. The minimum Gasteiger partial charge on any atom is -0.383 e. The van der Waals surface area contributed by atoms with Crippen LogP contribution in [0, 0.1) is 11.8 Å². The normalized spacial score (nSPS) is 22.2. The Labute approximate surface area is 210 Å². The fourth-order valence-corrected chi connectivity index (χ4v) is 5.54. The lowest BCUT2D eigenvalue weighted by Gasteiger charge is -2.21. The van der Waals surface area contributed by atoms with Gasteiger partial charge in [-0.3, -0.25) is 14.3 Å². The molecule has 1 aliphatic heterocycles. The Bertz CT molecular complexity index is 1400. The van der Waals surface area contributed by atoms with Gasteiger partial charge in [0.05, 0.1) is 29.9 Å². The van der Waals surface area contributed by atoms with E-state index in [4.69, 9.17) is 5.73 Å². The number of halogens is 3. The van der Waals surface area contributed by atoms with Gasteiger partial charge in [-0.15, -0.1) is 0 Å². The van der Waals surface area contributed by atoms with Crippen molar-refractivity contribution in [1.29, 1.82) is 0 Å². The molecule has 37 heavy (non-hydrogen) atoms. The number of amides is 2. The van der Waals surface area contributed by atoms with Crippen LogP contribution < -0.4 is 11.1 Å². The minimum atomic E-state index is -4.55. The average molecular weight is 511 g/mol. The van der Waals surface area contributed by atoms with Gasteiger partial charge >= 0.3 is 6.18 Å². The molecular formula is C26H25F3N6O2. The minimum absolute atomic E-state index is 0.00150. The summed E-state index contributed by atoms with van der Waals surface area (Å²) in [5.41, 5.74) is 7.86. The number of rotatable bonds is 6. The van der Waals surface area contributed by atoms with Gasteiger partial charge in [0.15, 0.2) is 0 Å². The Kier molecular flexibility index (Phi) is 5.46. The number of aromatic nitrogens is 3. The van der Waals surface area contributed by atoms with E-state index in [0.717, 1.165) is 30.0 Å². The molecule has 2 unspecified atom stereocenters. The molecule has 0 spiro atoms. The smallest absolute Gasteiger partial charge is 0.383 e. The number of nitrogen functional groups attached to an aromatic ring is 1. The van der Waals surface area contributed by atoms with Gasteiger partial charge in [0, 0.05) is 31.4 Å². The zero-order chi connectivity index (χ0) is 25.9. The number of hydrogen-bond donors (Lipinski definition) is 2. The number of benzene rings is 1. The Balaban J connectivity index is 1.15. The first-order valence-corrected chi connectivity index (χ1v) is 12.2. The van der Waals surface area contributed by atoms with E-state index < -0.39 is 11.7 Å². The number of nitrogens with zero attached hydrogens (tertiary/aromatic N) is 4. The van der Waals surface area contributed by atoms with Crippen molar-refractivity contribution in [3.8, 4) is 0 Å². The predicted octanol–water partition coefficient (Wildman–Crippen LogP) is 3.32. The quantitative estimate of drug-likeness (QED) is 0.529. The first-order chi connectivity index (χ1) is 17.7. The summed E-state index contributed by atoms with van der Waals surface area (Å²) in [5.74, 6) is 0.393. The third-order valence-corrected chi connectivity index (χ3v) is 7.58. The molecule has 3 heterocycles. The zero-order valence-electron chi connectivity index (χ0n) is 19.8. The number of pyridine rings is 1. The molecule has 1 saturated heterocycles. The second-order valence-electron chi connectivity index (χ2n) is 10.1. The van der Waals surface area contributed by atoms with Crippen LogP contribution >= 0.6 is 0 Å². The number of nitrogens with two attached hydrogens (primary N) is 1. The van der Waals surface area contributed by atoms with Gasteiger partial charge in [-0.25, -0.2) is 4.98 Å². The molecule has 3 aromatic rings. The van der Waals surface area contributed by atoms with Crippen molar-refractivity contribution in [1.82, 2.24) is 25.0 Å². The molecule has 3 atom stereocenters. The van der Waals surface area contributed by atoms with Crippen LogP contribution in [0.15, 0.2) is 42.9 Å². The number of likely N-dealkylation sites (tertiary alicyclic amines) is 1. The van der Waals surface area contributed by atoms with Crippen molar-refractivity contribution in [3.05, 3.63) is 76.2 Å². The van der Waals surface area contributed by atoms with Crippen molar-refractivity contribution >= 4 is 17.6 Å². The summed E-state index contributed by atoms with van der Waals surface area (Å²) in [6.07, 6.45) is 2.26. The molecule has 8 nitrogen and oxygen atoms in total. The molecule has 6 rings (SSSR count). The average Bonchev–Trinajstić information content (AvgIpc) is 3.13. The first kappa shape index (κ1) is 23.5. The van der Waals surface area contributed by atoms with Gasteiger partial charge in [-0.2, -0.15) is 18.3 Å². The lowest BCUT2D eigenvalue weighted by molar-refractivity contribution is -0.139. The van der Waals surface area contributed by atoms with Crippen molar-refractivity contribution in [3.63, 3.8) is 0 Å². The lowest BCUT2D eigenvalue weighted by Crippen LogP contribution is -2.29. The van der Waals surface area contributed by atoms with Crippen LogP contribution in [0.4, 0.5) is 19.0 Å². The Morgan fingerprint density at radius 1 is 1.22 bits per heavy atom.